The van der Waals surface area contributed by atoms with Crippen molar-refractivity contribution in [2.45, 2.75) is 25.7 Å². The first-order chi connectivity index (χ1) is 16.5. The second kappa shape index (κ2) is 8.85. The highest BCUT2D eigenvalue weighted by Gasteiger charge is 2.34. The van der Waals surface area contributed by atoms with E-state index in [2.05, 4.69) is 4.90 Å². The number of hydrogen-bond acceptors (Lipinski definition) is 6. The molecule has 0 aliphatic carbocycles. The van der Waals surface area contributed by atoms with Crippen LogP contribution in [0.4, 0.5) is 10.1 Å². The van der Waals surface area contributed by atoms with E-state index in [4.69, 9.17) is 21.2 Å². The summed E-state index contributed by atoms with van der Waals surface area (Å²) in [4.78, 5) is 19.2. The quantitative estimate of drug-likeness (QED) is 0.419. The predicted molar refractivity (Wildman–Crippen MR) is 130 cm³/mol. The molecule has 34 heavy (non-hydrogen) atoms. The van der Waals surface area contributed by atoms with Crippen LogP contribution in [-0.4, -0.2) is 23.3 Å². The Hall–Kier alpha value is -3.81. The summed E-state index contributed by atoms with van der Waals surface area (Å²) in [7, 11) is 1.63. The zero-order valence-corrected chi connectivity index (χ0v) is 18.8. The minimum Gasteiger partial charge on any atom is -0.497 e. The van der Waals surface area contributed by atoms with Crippen molar-refractivity contribution in [3.05, 3.63) is 88.9 Å². The largest absolute Gasteiger partial charge is 0.497 e. The number of anilines is 1. The maximum Gasteiger partial charge on any atom is 0.141 e. The van der Waals surface area contributed by atoms with Crippen molar-refractivity contribution in [2.24, 2.45) is 5.73 Å². The minimum absolute atomic E-state index is 0.273. The van der Waals surface area contributed by atoms with Gasteiger partial charge in [0.05, 0.1) is 24.4 Å². The van der Waals surface area contributed by atoms with Gasteiger partial charge in [0.2, 0.25) is 0 Å². The van der Waals surface area contributed by atoms with Gasteiger partial charge in [-0.3, -0.25) is 9.88 Å². The highest BCUT2D eigenvalue weighted by molar-refractivity contribution is 6.02. The fraction of sp³-hybridized carbons (Fsp3) is 0.185. The maximum atomic E-state index is 14.1. The van der Waals surface area contributed by atoms with Crippen LogP contribution in [0.2, 0.25) is 0 Å². The van der Waals surface area contributed by atoms with E-state index in [0.29, 0.717) is 29.9 Å². The average molecular weight is 457 g/mol. The van der Waals surface area contributed by atoms with Crippen molar-refractivity contribution < 1.29 is 13.9 Å². The van der Waals surface area contributed by atoms with Crippen molar-refractivity contribution in [2.75, 3.05) is 12.8 Å². The minimum atomic E-state index is -0.494. The summed E-state index contributed by atoms with van der Waals surface area (Å²) < 4.78 is 19.4. The Bertz CT molecular complexity index is 1390. The van der Waals surface area contributed by atoms with Gasteiger partial charge >= 0.3 is 0 Å². The van der Waals surface area contributed by atoms with E-state index in [1.807, 2.05) is 42.5 Å². The number of methoxy groups -OCH3 is 1. The monoisotopic (exact) mass is 456 g/mol. The van der Waals surface area contributed by atoms with Crippen LogP contribution in [0.1, 0.15) is 28.4 Å². The third-order valence-corrected chi connectivity index (χ3v) is 6.47. The zero-order valence-electron chi connectivity index (χ0n) is 18.8. The molecule has 0 saturated carbocycles. The normalized spacial score (nSPS) is 15.4. The van der Waals surface area contributed by atoms with Gasteiger partial charge in [0, 0.05) is 41.8 Å². The van der Waals surface area contributed by atoms with E-state index < -0.39 is 6.04 Å². The lowest BCUT2D eigenvalue weighted by atomic mass is 9.94. The summed E-state index contributed by atoms with van der Waals surface area (Å²) >= 11 is 0. The molecule has 1 unspecified atom stereocenters. The Balaban J connectivity index is 1.60. The van der Waals surface area contributed by atoms with Crippen molar-refractivity contribution >= 4 is 22.9 Å². The number of carbonyl (C=O) groups excluding carboxylic acids is 1. The number of para-hydroxylation sites is 1. The number of nitrogens with zero attached hydrogens (tertiary/aromatic N) is 2. The number of fused-ring (bicyclic) bond motifs is 2. The fourth-order valence-electron chi connectivity index (χ4n) is 4.77. The lowest BCUT2D eigenvalue weighted by Gasteiger charge is -2.21. The molecule has 2 heterocycles. The van der Waals surface area contributed by atoms with E-state index >= 15 is 0 Å². The van der Waals surface area contributed by atoms with Gasteiger partial charge in [0.25, 0.3) is 0 Å². The van der Waals surface area contributed by atoms with Crippen LogP contribution < -0.4 is 16.2 Å². The molecule has 172 valence electrons. The summed E-state index contributed by atoms with van der Waals surface area (Å²) in [6.07, 6.45) is 0.919. The van der Waals surface area contributed by atoms with Crippen LogP contribution in [0.25, 0.3) is 22.0 Å². The first-order valence-electron chi connectivity index (χ1n) is 11.1. The average Bonchev–Trinajstić information content (AvgIpc) is 3.21. The molecule has 7 heteroatoms. The standard InChI is InChI=1S/C27H25FN4O2/c1-34-19-9-5-16(6-10-19)13-32-14-23-25(24(32)15-33)26(30)21-4-2-3-20(27(21)31-23)22-11-18(28)8-7-17(22)12-29/h2-11,15,24H,12-14,29H2,1H3,(H2,30,31). The second-order valence-electron chi connectivity index (χ2n) is 8.43. The van der Waals surface area contributed by atoms with Crippen LogP contribution in [0.15, 0.2) is 60.7 Å². The summed E-state index contributed by atoms with van der Waals surface area (Å²) in [6.45, 7) is 1.31. The van der Waals surface area contributed by atoms with Crippen LogP contribution >= 0.6 is 0 Å². The fourth-order valence-corrected chi connectivity index (χ4v) is 4.77. The van der Waals surface area contributed by atoms with Gasteiger partial charge in [-0.1, -0.05) is 36.4 Å². The van der Waals surface area contributed by atoms with Gasteiger partial charge in [0.15, 0.2) is 0 Å². The number of hydrogen-bond donors (Lipinski definition) is 2. The third-order valence-electron chi connectivity index (χ3n) is 6.47. The molecule has 3 aromatic carbocycles. The molecule has 0 fully saturated rings. The molecule has 0 spiro atoms. The lowest BCUT2D eigenvalue weighted by molar-refractivity contribution is -0.112. The van der Waals surface area contributed by atoms with Gasteiger partial charge in [-0.2, -0.15) is 0 Å². The van der Waals surface area contributed by atoms with E-state index in [0.717, 1.165) is 45.4 Å². The number of nitrogen functional groups attached to an aromatic ring is 1. The summed E-state index contributed by atoms with van der Waals surface area (Å²) in [6, 6.07) is 17.5. The molecule has 4 aromatic rings. The first-order valence-corrected chi connectivity index (χ1v) is 11.1. The molecule has 0 radical (unpaired) electrons. The topological polar surface area (TPSA) is 94.5 Å². The van der Waals surface area contributed by atoms with Crippen molar-refractivity contribution in [1.82, 2.24) is 9.88 Å². The Morgan fingerprint density at radius 1 is 1.15 bits per heavy atom. The van der Waals surface area contributed by atoms with Gasteiger partial charge in [-0.15, -0.1) is 0 Å². The first kappa shape index (κ1) is 22.0. The van der Waals surface area contributed by atoms with Gasteiger partial charge in [-0.25, -0.2) is 4.39 Å². The lowest BCUT2D eigenvalue weighted by Crippen LogP contribution is -2.23. The predicted octanol–water partition coefficient (Wildman–Crippen LogP) is 4.35. The Morgan fingerprint density at radius 3 is 2.65 bits per heavy atom. The summed E-state index contributed by atoms with van der Waals surface area (Å²) in [5, 5.41) is 0.738. The van der Waals surface area contributed by atoms with E-state index in [1.165, 1.54) is 12.1 Å². The Morgan fingerprint density at radius 2 is 1.94 bits per heavy atom. The smallest absolute Gasteiger partial charge is 0.141 e. The molecule has 1 aliphatic rings. The zero-order chi connectivity index (χ0) is 23.8. The summed E-state index contributed by atoms with van der Waals surface area (Å²) in [5.41, 5.74) is 18.6. The van der Waals surface area contributed by atoms with E-state index in [1.54, 1.807) is 13.2 Å². The van der Waals surface area contributed by atoms with Crippen LogP contribution in [0, 0.1) is 5.82 Å². The van der Waals surface area contributed by atoms with Gasteiger partial charge in [-0.05, 0) is 41.0 Å². The molecule has 1 aromatic heterocycles. The molecule has 0 saturated heterocycles. The second-order valence-corrected chi connectivity index (χ2v) is 8.43. The highest BCUT2D eigenvalue weighted by Crippen LogP contribution is 2.42. The third kappa shape index (κ3) is 3.69. The molecule has 5 rings (SSSR count). The number of nitrogens with two attached hydrogens (primary N) is 2. The molecule has 1 aliphatic heterocycles. The Labute approximate surface area is 197 Å². The molecule has 0 amide bonds. The molecule has 1 atom stereocenters. The van der Waals surface area contributed by atoms with Crippen LogP contribution in [-0.2, 0) is 24.4 Å². The van der Waals surface area contributed by atoms with Crippen LogP contribution in [0.5, 0.6) is 5.75 Å². The number of ether oxygens (including phenoxy) is 1. The van der Waals surface area contributed by atoms with Gasteiger partial charge in [0.1, 0.15) is 17.9 Å². The van der Waals surface area contributed by atoms with Crippen molar-refractivity contribution in [1.29, 1.82) is 0 Å². The number of rotatable bonds is 6. The van der Waals surface area contributed by atoms with Crippen LogP contribution in [0.3, 0.4) is 0 Å². The molecule has 6 nitrogen and oxygen atoms in total. The molecular formula is C27H25FN4O2. The van der Waals surface area contributed by atoms with E-state index in [-0.39, 0.29) is 12.4 Å². The molecule has 0 bridgehead atoms. The highest BCUT2D eigenvalue weighted by atomic mass is 19.1. The van der Waals surface area contributed by atoms with Gasteiger partial charge < -0.3 is 21.0 Å². The maximum absolute atomic E-state index is 14.1. The van der Waals surface area contributed by atoms with E-state index in [9.17, 15) is 9.18 Å². The SMILES string of the molecule is COc1ccc(CN2Cc3nc4c(-c5cc(F)ccc5CN)cccc4c(N)c3C2C=O)cc1. The van der Waals surface area contributed by atoms with Crippen molar-refractivity contribution in [3.63, 3.8) is 0 Å². The number of carbonyl (C=O) groups is 1. The molecular weight excluding hydrogens is 431 g/mol. The van der Waals surface area contributed by atoms with Crippen molar-refractivity contribution in [3.8, 4) is 16.9 Å². The number of halogens is 1. The number of aldehydes is 1. The molecule has 4 N–H and O–H groups in total. The number of aromatic nitrogens is 1. The Kier molecular flexibility index (Phi) is 5.73. The number of benzene rings is 3. The summed E-state index contributed by atoms with van der Waals surface area (Å²) in [5.74, 6) is 0.435. The number of pyridine rings is 1.